The SMILES string of the molecule is CCN(c1cncc(CNC(C)C)n1)C(C)COC. The summed E-state index contributed by atoms with van der Waals surface area (Å²) in [4.78, 5) is 11.2. The number of rotatable bonds is 8. The van der Waals surface area contributed by atoms with Gasteiger partial charge in [-0.2, -0.15) is 0 Å². The third-order valence-corrected chi connectivity index (χ3v) is 2.94. The van der Waals surface area contributed by atoms with Gasteiger partial charge in [0.25, 0.3) is 0 Å². The molecule has 1 unspecified atom stereocenters. The van der Waals surface area contributed by atoms with Gasteiger partial charge in [-0.1, -0.05) is 13.8 Å². The molecule has 0 aliphatic heterocycles. The van der Waals surface area contributed by atoms with E-state index in [0.717, 1.165) is 24.6 Å². The minimum atomic E-state index is 0.289. The van der Waals surface area contributed by atoms with Gasteiger partial charge in [0.1, 0.15) is 5.82 Å². The van der Waals surface area contributed by atoms with E-state index in [1.807, 2.05) is 12.4 Å². The fraction of sp³-hybridized carbons (Fsp3) is 0.714. The van der Waals surface area contributed by atoms with E-state index in [1.165, 1.54) is 0 Å². The minimum Gasteiger partial charge on any atom is -0.383 e. The van der Waals surface area contributed by atoms with E-state index in [1.54, 1.807) is 7.11 Å². The third kappa shape index (κ3) is 5.12. The molecule has 1 heterocycles. The molecular weight excluding hydrogens is 240 g/mol. The molecule has 19 heavy (non-hydrogen) atoms. The van der Waals surface area contributed by atoms with Crippen molar-refractivity contribution >= 4 is 5.82 Å². The monoisotopic (exact) mass is 266 g/mol. The minimum absolute atomic E-state index is 0.289. The summed E-state index contributed by atoms with van der Waals surface area (Å²) in [7, 11) is 1.72. The zero-order valence-corrected chi connectivity index (χ0v) is 12.7. The highest BCUT2D eigenvalue weighted by Crippen LogP contribution is 2.13. The van der Waals surface area contributed by atoms with Gasteiger partial charge in [0.05, 0.1) is 24.5 Å². The highest BCUT2D eigenvalue weighted by atomic mass is 16.5. The normalized spacial score (nSPS) is 12.7. The van der Waals surface area contributed by atoms with Crippen LogP contribution in [0.25, 0.3) is 0 Å². The molecule has 0 radical (unpaired) electrons. The van der Waals surface area contributed by atoms with Crippen molar-refractivity contribution in [3.8, 4) is 0 Å². The van der Waals surface area contributed by atoms with E-state index in [0.29, 0.717) is 12.6 Å². The predicted octanol–water partition coefficient (Wildman–Crippen LogP) is 1.84. The Balaban J connectivity index is 2.77. The number of hydrogen-bond donors (Lipinski definition) is 1. The van der Waals surface area contributed by atoms with Crippen molar-refractivity contribution in [1.29, 1.82) is 0 Å². The van der Waals surface area contributed by atoms with Crippen LogP contribution >= 0.6 is 0 Å². The zero-order chi connectivity index (χ0) is 14.3. The van der Waals surface area contributed by atoms with Crippen LogP contribution in [0.5, 0.6) is 0 Å². The molecule has 0 aromatic carbocycles. The Hall–Kier alpha value is -1.20. The average molecular weight is 266 g/mol. The van der Waals surface area contributed by atoms with Crippen molar-refractivity contribution in [2.24, 2.45) is 0 Å². The summed E-state index contributed by atoms with van der Waals surface area (Å²) < 4.78 is 5.21. The van der Waals surface area contributed by atoms with Gasteiger partial charge >= 0.3 is 0 Å². The fourth-order valence-electron chi connectivity index (χ4n) is 1.96. The maximum absolute atomic E-state index is 5.21. The Kier molecular flexibility index (Phi) is 6.73. The molecule has 0 amide bonds. The first-order valence-electron chi connectivity index (χ1n) is 6.88. The summed E-state index contributed by atoms with van der Waals surface area (Å²) in [5.41, 5.74) is 0.967. The Labute approximate surface area is 116 Å². The molecule has 1 rings (SSSR count). The van der Waals surface area contributed by atoms with Crippen molar-refractivity contribution in [3.05, 3.63) is 18.1 Å². The molecule has 0 saturated heterocycles. The van der Waals surface area contributed by atoms with Crippen molar-refractivity contribution in [2.75, 3.05) is 25.2 Å². The highest BCUT2D eigenvalue weighted by Gasteiger charge is 2.14. The lowest BCUT2D eigenvalue weighted by Gasteiger charge is -2.28. The van der Waals surface area contributed by atoms with E-state index >= 15 is 0 Å². The summed E-state index contributed by atoms with van der Waals surface area (Å²) in [6.45, 7) is 10.8. The van der Waals surface area contributed by atoms with E-state index in [4.69, 9.17) is 4.74 Å². The van der Waals surface area contributed by atoms with Gasteiger partial charge in [-0.15, -0.1) is 0 Å². The van der Waals surface area contributed by atoms with E-state index in [9.17, 15) is 0 Å². The van der Waals surface area contributed by atoms with Gasteiger partial charge in [0, 0.05) is 32.4 Å². The lowest BCUT2D eigenvalue weighted by atomic mass is 10.3. The summed E-state index contributed by atoms with van der Waals surface area (Å²) in [6, 6.07) is 0.734. The smallest absolute Gasteiger partial charge is 0.147 e. The highest BCUT2D eigenvalue weighted by molar-refractivity contribution is 5.37. The van der Waals surface area contributed by atoms with Gasteiger partial charge in [-0.3, -0.25) is 4.98 Å². The van der Waals surface area contributed by atoms with Crippen LogP contribution in [0.3, 0.4) is 0 Å². The zero-order valence-electron chi connectivity index (χ0n) is 12.7. The van der Waals surface area contributed by atoms with E-state index in [-0.39, 0.29) is 6.04 Å². The topological polar surface area (TPSA) is 50.3 Å². The molecule has 108 valence electrons. The Bertz CT molecular complexity index is 370. The third-order valence-electron chi connectivity index (χ3n) is 2.94. The first-order valence-corrected chi connectivity index (χ1v) is 6.88. The van der Waals surface area contributed by atoms with Crippen LogP contribution in [0.2, 0.25) is 0 Å². The van der Waals surface area contributed by atoms with Crippen molar-refractivity contribution in [3.63, 3.8) is 0 Å². The second kappa shape index (κ2) is 8.07. The quantitative estimate of drug-likeness (QED) is 0.778. The Morgan fingerprint density at radius 2 is 2.05 bits per heavy atom. The molecule has 0 fully saturated rings. The molecule has 0 saturated carbocycles. The van der Waals surface area contributed by atoms with Gasteiger partial charge in [0.15, 0.2) is 0 Å². The number of ether oxygens (including phenoxy) is 1. The van der Waals surface area contributed by atoms with Crippen molar-refractivity contribution in [2.45, 2.75) is 46.3 Å². The molecule has 1 aromatic heterocycles. The molecule has 0 aliphatic rings. The molecule has 5 nitrogen and oxygen atoms in total. The van der Waals surface area contributed by atoms with Gasteiger partial charge in [-0.05, 0) is 13.8 Å². The Morgan fingerprint density at radius 1 is 1.32 bits per heavy atom. The standard InChI is InChI=1S/C14H26N4O/c1-6-18(12(4)10-19-5)14-9-15-7-13(17-14)8-16-11(2)3/h7,9,11-12,16H,6,8,10H2,1-5H3. The second-order valence-corrected chi connectivity index (χ2v) is 4.99. The summed E-state index contributed by atoms with van der Waals surface area (Å²) in [6.07, 6.45) is 3.63. The second-order valence-electron chi connectivity index (χ2n) is 4.99. The first kappa shape index (κ1) is 15.9. The van der Waals surface area contributed by atoms with Crippen LogP contribution in [0, 0.1) is 0 Å². The molecule has 0 spiro atoms. The van der Waals surface area contributed by atoms with Crippen molar-refractivity contribution in [1.82, 2.24) is 15.3 Å². The van der Waals surface area contributed by atoms with Crippen LogP contribution in [0.1, 0.15) is 33.4 Å². The lowest BCUT2D eigenvalue weighted by molar-refractivity contribution is 0.181. The molecule has 0 aliphatic carbocycles. The van der Waals surface area contributed by atoms with E-state index in [2.05, 4.69) is 47.9 Å². The van der Waals surface area contributed by atoms with Crippen LogP contribution < -0.4 is 10.2 Å². The molecule has 1 atom stereocenters. The molecular formula is C14H26N4O. The fourth-order valence-corrected chi connectivity index (χ4v) is 1.96. The van der Waals surface area contributed by atoms with Crippen LogP contribution in [-0.4, -0.2) is 42.3 Å². The first-order chi connectivity index (χ1) is 9.08. The van der Waals surface area contributed by atoms with Crippen molar-refractivity contribution < 1.29 is 4.74 Å². The maximum Gasteiger partial charge on any atom is 0.147 e. The van der Waals surface area contributed by atoms with Crippen LogP contribution in [-0.2, 0) is 11.3 Å². The number of methoxy groups -OCH3 is 1. The predicted molar refractivity (Wildman–Crippen MR) is 78.4 cm³/mol. The lowest BCUT2D eigenvalue weighted by Crippen LogP contribution is -2.37. The number of likely N-dealkylation sites (N-methyl/N-ethyl adjacent to an activating group) is 1. The maximum atomic E-state index is 5.21. The molecule has 0 bridgehead atoms. The summed E-state index contributed by atoms with van der Waals surface area (Å²) in [5.74, 6) is 0.912. The van der Waals surface area contributed by atoms with E-state index < -0.39 is 0 Å². The summed E-state index contributed by atoms with van der Waals surface area (Å²) >= 11 is 0. The Morgan fingerprint density at radius 3 is 2.63 bits per heavy atom. The van der Waals surface area contributed by atoms with Gasteiger partial charge in [0.2, 0.25) is 0 Å². The number of anilines is 1. The average Bonchev–Trinajstić information content (AvgIpc) is 2.38. The number of aromatic nitrogens is 2. The number of nitrogens with zero attached hydrogens (tertiary/aromatic N) is 3. The van der Waals surface area contributed by atoms with Gasteiger partial charge < -0.3 is 15.0 Å². The molecule has 5 heteroatoms. The molecule has 1 N–H and O–H groups in total. The largest absolute Gasteiger partial charge is 0.383 e. The number of nitrogens with one attached hydrogen (secondary N) is 1. The number of hydrogen-bond acceptors (Lipinski definition) is 5. The van der Waals surface area contributed by atoms with Crippen LogP contribution in [0.4, 0.5) is 5.82 Å². The summed E-state index contributed by atoms with van der Waals surface area (Å²) in [5, 5.41) is 3.35. The van der Waals surface area contributed by atoms with Gasteiger partial charge in [-0.25, -0.2) is 4.98 Å². The van der Waals surface area contributed by atoms with Crippen LogP contribution in [0.15, 0.2) is 12.4 Å². The molecule has 1 aromatic rings.